The molecule has 0 spiro atoms. The monoisotopic (exact) mass is 490 g/mol. The third-order valence-electron chi connectivity index (χ3n) is 7.29. The number of anilines is 1. The number of piperazine rings is 1. The van der Waals surface area contributed by atoms with Crippen molar-refractivity contribution in [2.75, 3.05) is 31.1 Å². The van der Waals surface area contributed by atoms with Gasteiger partial charge in [-0.25, -0.2) is 0 Å². The van der Waals surface area contributed by atoms with Crippen molar-refractivity contribution in [3.63, 3.8) is 0 Å². The smallest absolute Gasteiger partial charge is 0.253 e. The largest absolute Gasteiger partial charge is 0.391 e. The summed E-state index contributed by atoms with van der Waals surface area (Å²) in [6.45, 7) is 6.63. The zero-order valence-corrected chi connectivity index (χ0v) is 21.1. The first-order valence-electron chi connectivity index (χ1n) is 12.7. The number of fused-ring (bicyclic) bond motifs is 1. The van der Waals surface area contributed by atoms with E-state index >= 15 is 0 Å². The van der Waals surface area contributed by atoms with Crippen molar-refractivity contribution in [3.8, 4) is 0 Å². The number of carbonyl (C=O) groups is 1. The molecule has 3 aromatic rings. The van der Waals surface area contributed by atoms with Crippen LogP contribution in [-0.4, -0.2) is 60.5 Å². The molecule has 2 atom stereocenters. The van der Waals surface area contributed by atoms with E-state index < -0.39 is 6.10 Å². The number of aliphatic hydroxyl groups is 1. The molecule has 2 heterocycles. The molecule has 1 amide bonds. The normalized spacial score (nSPS) is 21.6. The number of hydrogen-bond acceptors (Lipinski definition) is 6. The predicted octanol–water partition coefficient (Wildman–Crippen LogP) is 4.98. The second-order valence-electron chi connectivity index (χ2n) is 9.54. The summed E-state index contributed by atoms with van der Waals surface area (Å²) in [5, 5.41) is 20.0. The highest BCUT2D eigenvalue weighted by Crippen LogP contribution is 2.34. The van der Waals surface area contributed by atoms with Gasteiger partial charge in [0.15, 0.2) is 0 Å². The molecule has 1 saturated heterocycles. The van der Waals surface area contributed by atoms with Gasteiger partial charge in [-0.3, -0.25) is 14.7 Å². The van der Waals surface area contributed by atoms with Crippen molar-refractivity contribution >= 4 is 45.6 Å². The quantitative estimate of drug-likeness (QED) is 0.478. The van der Waals surface area contributed by atoms with Crippen LogP contribution >= 0.6 is 11.3 Å². The number of hydrogen-bond donors (Lipinski definition) is 2. The Balaban J connectivity index is 1.42. The van der Waals surface area contributed by atoms with Gasteiger partial charge in [-0.05, 0) is 48.2 Å². The van der Waals surface area contributed by atoms with Crippen molar-refractivity contribution in [3.05, 3.63) is 58.3 Å². The van der Waals surface area contributed by atoms with Gasteiger partial charge in [-0.2, -0.15) is 11.3 Å². The SMILES string of the molecule is CC=Nc1c(C(=O)N[C@H]2CCCC[C@@H]2O)cc(CN2CCN(c3ccsc3)CC2)c2ccccc12. The fraction of sp³-hybridized carbons (Fsp3) is 0.429. The van der Waals surface area contributed by atoms with Crippen LogP contribution in [0.25, 0.3) is 10.8 Å². The molecule has 2 N–H and O–H groups in total. The van der Waals surface area contributed by atoms with Crippen molar-refractivity contribution < 1.29 is 9.90 Å². The Bertz CT molecular complexity index is 1190. The minimum Gasteiger partial charge on any atom is -0.391 e. The van der Waals surface area contributed by atoms with E-state index in [1.54, 1.807) is 17.6 Å². The van der Waals surface area contributed by atoms with Crippen molar-refractivity contribution in [1.82, 2.24) is 10.2 Å². The van der Waals surface area contributed by atoms with Gasteiger partial charge in [0.2, 0.25) is 0 Å². The van der Waals surface area contributed by atoms with Gasteiger partial charge in [0.1, 0.15) is 0 Å². The Morgan fingerprint density at radius 3 is 2.63 bits per heavy atom. The highest BCUT2D eigenvalue weighted by Gasteiger charge is 2.27. The summed E-state index contributed by atoms with van der Waals surface area (Å²) < 4.78 is 0. The number of rotatable bonds is 6. The van der Waals surface area contributed by atoms with Gasteiger partial charge in [-0.15, -0.1) is 0 Å². The fourth-order valence-corrected chi connectivity index (χ4v) is 6.04. The van der Waals surface area contributed by atoms with Gasteiger partial charge in [0.05, 0.1) is 23.4 Å². The minimum atomic E-state index is -0.481. The van der Waals surface area contributed by atoms with Crippen LogP contribution in [0, 0.1) is 0 Å². The molecular formula is C28H34N4O2S. The molecule has 2 aliphatic rings. The molecule has 7 heteroatoms. The molecule has 184 valence electrons. The number of aliphatic hydroxyl groups excluding tert-OH is 1. The van der Waals surface area contributed by atoms with Gasteiger partial charge < -0.3 is 15.3 Å². The summed E-state index contributed by atoms with van der Waals surface area (Å²) in [4.78, 5) is 23.0. The maximum Gasteiger partial charge on any atom is 0.253 e. The van der Waals surface area contributed by atoms with Crippen molar-refractivity contribution in [1.29, 1.82) is 0 Å². The van der Waals surface area contributed by atoms with Crippen LogP contribution < -0.4 is 10.2 Å². The van der Waals surface area contributed by atoms with E-state index in [0.29, 0.717) is 11.3 Å². The van der Waals surface area contributed by atoms with Crippen LogP contribution in [0.1, 0.15) is 48.5 Å². The number of amides is 1. The van der Waals surface area contributed by atoms with Gasteiger partial charge in [0, 0.05) is 55.4 Å². The van der Waals surface area contributed by atoms with Gasteiger partial charge in [-0.1, -0.05) is 37.1 Å². The molecule has 2 aromatic carbocycles. The average Bonchev–Trinajstić information content (AvgIpc) is 3.42. The summed E-state index contributed by atoms with van der Waals surface area (Å²) in [6, 6.07) is 12.3. The van der Waals surface area contributed by atoms with Gasteiger partial charge >= 0.3 is 0 Å². The Morgan fingerprint density at radius 1 is 1.14 bits per heavy atom. The Hall–Kier alpha value is -2.74. The van der Waals surface area contributed by atoms with Gasteiger partial charge in [0.25, 0.3) is 5.91 Å². The van der Waals surface area contributed by atoms with E-state index in [1.165, 1.54) is 5.69 Å². The third-order valence-corrected chi connectivity index (χ3v) is 7.96. The Labute approximate surface area is 211 Å². The fourth-order valence-electron chi connectivity index (χ4n) is 5.38. The molecule has 6 nitrogen and oxygen atoms in total. The molecule has 0 radical (unpaired) electrons. The summed E-state index contributed by atoms with van der Waals surface area (Å²) in [6.07, 6.45) is 4.86. The Morgan fingerprint density at radius 2 is 1.91 bits per heavy atom. The molecular weight excluding hydrogens is 456 g/mol. The van der Waals surface area contributed by atoms with Crippen molar-refractivity contribution in [2.24, 2.45) is 4.99 Å². The van der Waals surface area contributed by atoms with E-state index in [0.717, 1.165) is 74.7 Å². The molecule has 1 aromatic heterocycles. The molecule has 1 aliphatic heterocycles. The molecule has 0 unspecified atom stereocenters. The number of nitrogens with zero attached hydrogens (tertiary/aromatic N) is 3. The highest BCUT2D eigenvalue weighted by atomic mass is 32.1. The summed E-state index contributed by atoms with van der Waals surface area (Å²) in [5.41, 5.74) is 3.75. The van der Waals surface area contributed by atoms with E-state index in [-0.39, 0.29) is 11.9 Å². The number of thiophene rings is 1. The summed E-state index contributed by atoms with van der Waals surface area (Å²) in [5.74, 6) is -0.147. The lowest BCUT2D eigenvalue weighted by Gasteiger charge is -2.36. The lowest BCUT2D eigenvalue weighted by atomic mass is 9.92. The maximum absolute atomic E-state index is 13.5. The first-order valence-corrected chi connectivity index (χ1v) is 13.6. The molecule has 5 rings (SSSR count). The summed E-state index contributed by atoms with van der Waals surface area (Å²) >= 11 is 1.74. The molecule has 1 aliphatic carbocycles. The number of aliphatic imine (C=N–C) groups is 1. The topological polar surface area (TPSA) is 68.2 Å². The first-order chi connectivity index (χ1) is 17.1. The number of nitrogens with one attached hydrogen (secondary N) is 1. The maximum atomic E-state index is 13.5. The second kappa shape index (κ2) is 10.9. The van der Waals surface area contributed by atoms with E-state index in [4.69, 9.17) is 0 Å². The second-order valence-corrected chi connectivity index (χ2v) is 10.3. The molecule has 1 saturated carbocycles. The highest BCUT2D eigenvalue weighted by molar-refractivity contribution is 7.08. The Kier molecular flexibility index (Phi) is 7.46. The molecule has 2 fully saturated rings. The lowest BCUT2D eigenvalue weighted by molar-refractivity contribution is 0.0718. The zero-order chi connectivity index (χ0) is 24.2. The average molecular weight is 491 g/mol. The number of carbonyl (C=O) groups excluding carboxylic acids is 1. The summed E-state index contributed by atoms with van der Waals surface area (Å²) in [7, 11) is 0. The standard InChI is InChI=1S/C28H34N4O2S/c1-2-29-27-23-8-4-3-7-22(23)20(17-24(27)28(34)30-25-9-5-6-10-26(25)33)18-31-12-14-32(15-13-31)21-11-16-35-19-21/h2-4,7-8,11,16-17,19,25-26,33H,5-6,9-10,12-15,18H2,1H3,(H,30,34)/t25-,26-/m0/s1. The van der Waals surface area contributed by atoms with Crippen molar-refractivity contribution in [2.45, 2.75) is 51.3 Å². The minimum absolute atomic E-state index is 0.147. The predicted molar refractivity (Wildman–Crippen MR) is 145 cm³/mol. The van der Waals surface area contributed by atoms with E-state index in [2.05, 4.69) is 55.1 Å². The van der Waals surface area contributed by atoms with Crippen LogP contribution in [0.4, 0.5) is 11.4 Å². The van der Waals surface area contributed by atoms with Crippen LogP contribution in [0.3, 0.4) is 0 Å². The number of benzene rings is 2. The third kappa shape index (κ3) is 5.27. The van der Waals surface area contributed by atoms with E-state index in [9.17, 15) is 9.90 Å². The lowest BCUT2D eigenvalue weighted by Crippen LogP contribution is -2.46. The van der Waals surface area contributed by atoms with Crippen LogP contribution in [0.15, 0.2) is 52.2 Å². The van der Waals surface area contributed by atoms with E-state index in [1.807, 2.05) is 19.1 Å². The molecule has 0 bridgehead atoms. The van der Waals surface area contributed by atoms with Crippen LogP contribution in [0.5, 0.6) is 0 Å². The first kappa shape index (κ1) is 24.0. The van der Waals surface area contributed by atoms with Crippen LogP contribution in [-0.2, 0) is 6.54 Å². The zero-order valence-electron chi connectivity index (χ0n) is 20.3. The van der Waals surface area contributed by atoms with Crippen LogP contribution in [0.2, 0.25) is 0 Å². The molecule has 35 heavy (non-hydrogen) atoms.